The van der Waals surface area contributed by atoms with Gasteiger partial charge in [-0.2, -0.15) is 0 Å². The summed E-state index contributed by atoms with van der Waals surface area (Å²) in [5.41, 5.74) is 0.824. The van der Waals surface area contributed by atoms with Gasteiger partial charge in [0.15, 0.2) is 11.5 Å². The van der Waals surface area contributed by atoms with E-state index in [0.29, 0.717) is 5.57 Å². The number of benzene rings is 2. The van der Waals surface area contributed by atoms with E-state index in [1.54, 1.807) is 13.0 Å². The van der Waals surface area contributed by atoms with Gasteiger partial charge in [0.2, 0.25) is 5.43 Å². The summed E-state index contributed by atoms with van der Waals surface area (Å²) in [4.78, 5) is 13.3. The number of aromatic hydroxyl groups is 4. The zero-order valence-electron chi connectivity index (χ0n) is 17.0. The third-order valence-corrected chi connectivity index (χ3v) is 5.05. The molecule has 0 unspecified atom stereocenters. The van der Waals surface area contributed by atoms with Crippen LogP contribution in [0.3, 0.4) is 0 Å². The molecular weight excluding hydrogens is 388 g/mol. The van der Waals surface area contributed by atoms with Crippen LogP contribution in [-0.2, 0) is 12.8 Å². The van der Waals surface area contributed by atoms with Crippen molar-refractivity contribution in [2.24, 2.45) is 0 Å². The van der Waals surface area contributed by atoms with Crippen molar-refractivity contribution < 1.29 is 29.9 Å². The van der Waals surface area contributed by atoms with Gasteiger partial charge in [-0.1, -0.05) is 23.8 Å². The van der Waals surface area contributed by atoms with Crippen LogP contribution in [0.1, 0.15) is 31.9 Å². The van der Waals surface area contributed by atoms with E-state index >= 15 is 0 Å². The predicted octanol–water partition coefficient (Wildman–Crippen LogP) is 3.76. The Hall–Kier alpha value is -3.45. The predicted molar refractivity (Wildman–Crippen MR) is 114 cm³/mol. The second-order valence-electron chi connectivity index (χ2n) is 7.68. The Labute approximate surface area is 172 Å². The van der Waals surface area contributed by atoms with Crippen molar-refractivity contribution in [2.45, 2.75) is 39.7 Å². The zero-order valence-corrected chi connectivity index (χ0v) is 17.0. The Balaban J connectivity index is 2.40. The van der Waals surface area contributed by atoms with Crippen LogP contribution < -0.4 is 5.43 Å². The van der Waals surface area contributed by atoms with Crippen molar-refractivity contribution >= 4 is 21.9 Å². The number of phenolic OH excluding ortho intramolecular Hbond substituents is 4. The lowest BCUT2D eigenvalue weighted by Gasteiger charge is -2.15. The van der Waals surface area contributed by atoms with Crippen molar-refractivity contribution in [3.63, 3.8) is 0 Å². The number of rotatable bonds is 5. The Kier molecular flexibility index (Phi) is 5.50. The molecule has 0 radical (unpaired) electrons. The first-order chi connectivity index (χ1) is 14.0. The molecule has 0 spiro atoms. The summed E-state index contributed by atoms with van der Waals surface area (Å²) in [6, 6.07) is 2.29. The summed E-state index contributed by atoms with van der Waals surface area (Å²) in [6.07, 6.45) is 0.769. The van der Waals surface area contributed by atoms with E-state index in [9.17, 15) is 30.3 Å². The van der Waals surface area contributed by atoms with Crippen LogP contribution in [0.4, 0.5) is 0 Å². The second-order valence-corrected chi connectivity index (χ2v) is 7.68. The first kappa shape index (κ1) is 21.3. The van der Waals surface area contributed by atoms with Gasteiger partial charge < -0.3 is 29.9 Å². The minimum atomic E-state index is -1.03. The minimum Gasteiger partial charge on any atom is -0.507 e. The quantitative estimate of drug-likeness (QED) is 0.245. The fourth-order valence-electron chi connectivity index (χ4n) is 3.31. The van der Waals surface area contributed by atoms with E-state index in [0.717, 1.165) is 11.6 Å². The minimum absolute atomic E-state index is 0.00785. The largest absolute Gasteiger partial charge is 0.507 e. The van der Waals surface area contributed by atoms with Crippen LogP contribution >= 0.6 is 0 Å². The highest BCUT2D eigenvalue weighted by Gasteiger charge is 2.23. The van der Waals surface area contributed by atoms with E-state index in [1.165, 1.54) is 6.07 Å². The van der Waals surface area contributed by atoms with Gasteiger partial charge in [-0.05, 0) is 27.2 Å². The van der Waals surface area contributed by atoms with Gasteiger partial charge >= 0.3 is 0 Å². The average molecular weight is 412 g/mol. The Morgan fingerprint density at radius 2 is 1.60 bits per heavy atom. The molecule has 3 rings (SSSR count). The highest BCUT2D eigenvalue weighted by molar-refractivity contribution is 5.97. The van der Waals surface area contributed by atoms with Crippen molar-refractivity contribution in [1.82, 2.24) is 0 Å². The van der Waals surface area contributed by atoms with E-state index in [2.05, 4.69) is 6.58 Å². The van der Waals surface area contributed by atoms with Gasteiger partial charge in [0.05, 0.1) is 11.5 Å². The molecule has 0 aliphatic rings. The molecule has 30 heavy (non-hydrogen) atoms. The maximum Gasteiger partial charge on any atom is 0.204 e. The van der Waals surface area contributed by atoms with E-state index in [1.807, 2.05) is 13.8 Å². The maximum absolute atomic E-state index is 13.3. The molecular formula is C23H24O7. The summed E-state index contributed by atoms with van der Waals surface area (Å²) in [5.74, 6) is -1.75. The molecule has 0 amide bonds. The number of hydrogen-bond donors (Lipinski definition) is 5. The summed E-state index contributed by atoms with van der Waals surface area (Å²) in [5, 5.41) is 51.4. The van der Waals surface area contributed by atoms with Gasteiger partial charge in [-0.15, -0.1) is 0 Å². The summed E-state index contributed by atoms with van der Waals surface area (Å²) in [6.45, 7) is 8.96. The van der Waals surface area contributed by atoms with Crippen LogP contribution in [0.25, 0.3) is 21.9 Å². The molecule has 1 aromatic heterocycles. The maximum atomic E-state index is 13.3. The van der Waals surface area contributed by atoms with Gasteiger partial charge in [0.1, 0.15) is 28.1 Å². The zero-order chi connectivity index (χ0) is 22.3. The highest BCUT2D eigenvalue weighted by Crippen LogP contribution is 2.40. The smallest absolute Gasteiger partial charge is 0.204 e. The molecule has 0 aliphatic carbocycles. The molecule has 158 valence electrons. The van der Waals surface area contributed by atoms with Gasteiger partial charge in [0, 0.05) is 29.7 Å². The summed E-state index contributed by atoms with van der Waals surface area (Å²) >= 11 is 0. The van der Waals surface area contributed by atoms with E-state index in [-0.39, 0.29) is 51.7 Å². The number of phenols is 4. The molecule has 1 atom stereocenters. The highest BCUT2D eigenvalue weighted by atomic mass is 16.3. The lowest BCUT2D eigenvalue weighted by Crippen LogP contribution is -2.12. The van der Waals surface area contributed by atoms with Crippen molar-refractivity contribution in [3.05, 3.63) is 57.3 Å². The summed E-state index contributed by atoms with van der Waals surface area (Å²) in [7, 11) is 0. The van der Waals surface area contributed by atoms with Crippen LogP contribution in [-0.4, -0.2) is 31.6 Å². The molecule has 0 aliphatic heterocycles. The van der Waals surface area contributed by atoms with E-state index < -0.39 is 28.8 Å². The fourth-order valence-corrected chi connectivity index (χ4v) is 3.31. The number of allylic oxidation sites excluding steroid dienone is 2. The Bertz CT molecular complexity index is 1260. The van der Waals surface area contributed by atoms with Gasteiger partial charge in [-0.25, -0.2) is 0 Å². The van der Waals surface area contributed by atoms with Gasteiger partial charge in [0.25, 0.3) is 0 Å². The second kappa shape index (κ2) is 7.76. The molecule has 7 nitrogen and oxygen atoms in total. The van der Waals surface area contributed by atoms with Crippen LogP contribution in [0, 0.1) is 0 Å². The molecule has 5 N–H and O–H groups in total. The Morgan fingerprint density at radius 3 is 2.20 bits per heavy atom. The van der Waals surface area contributed by atoms with Crippen molar-refractivity contribution in [1.29, 1.82) is 0 Å². The van der Waals surface area contributed by atoms with Crippen LogP contribution in [0.15, 0.2) is 45.1 Å². The molecule has 0 bridgehead atoms. The number of hydrogen-bond acceptors (Lipinski definition) is 7. The molecule has 0 saturated carbocycles. The first-order valence-corrected chi connectivity index (χ1v) is 9.37. The molecule has 7 heteroatoms. The molecule has 1 heterocycles. The van der Waals surface area contributed by atoms with E-state index in [4.69, 9.17) is 4.42 Å². The summed E-state index contributed by atoms with van der Waals surface area (Å²) < 4.78 is 5.69. The standard InChI is InChI=1S/C23H24O7/c1-10(2)5-6-12-19-17(9-16(26)21(12)27)30-18-8-15(25)13(7-14(24)11(3)4)22(28)20(18)23(19)29/h5,8-9,14,24-28H,3,6-7H2,1-2,4H3/t14-/m1/s1. The van der Waals surface area contributed by atoms with Gasteiger partial charge in [-0.3, -0.25) is 4.79 Å². The van der Waals surface area contributed by atoms with Crippen LogP contribution in [0.5, 0.6) is 23.0 Å². The van der Waals surface area contributed by atoms with Crippen LogP contribution in [0.2, 0.25) is 0 Å². The fraction of sp³-hybridized carbons (Fsp3) is 0.261. The first-order valence-electron chi connectivity index (χ1n) is 9.37. The monoisotopic (exact) mass is 412 g/mol. The lowest BCUT2D eigenvalue weighted by atomic mass is 9.97. The number of fused-ring (bicyclic) bond motifs is 2. The molecule has 0 saturated heterocycles. The molecule has 3 aromatic rings. The SMILES string of the molecule is C=C(C)[C@H](O)Cc1c(O)cc2oc3cc(O)c(O)c(CC=C(C)C)c3c(=O)c2c1O. The van der Waals surface area contributed by atoms with Crippen molar-refractivity contribution in [3.8, 4) is 23.0 Å². The number of aliphatic hydroxyl groups excluding tert-OH is 1. The molecule has 2 aromatic carbocycles. The topological polar surface area (TPSA) is 131 Å². The third-order valence-electron chi connectivity index (χ3n) is 5.05. The normalized spacial score (nSPS) is 12.3. The number of aliphatic hydroxyl groups is 1. The average Bonchev–Trinajstić information content (AvgIpc) is 2.65. The lowest BCUT2D eigenvalue weighted by molar-refractivity contribution is 0.209. The van der Waals surface area contributed by atoms with Crippen molar-refractivity contribution in [2.75, 3.05) is 0 Å². The third kappa shape index (κ3) is 3.59. The Morgan fingerprint density at radius 1 is 1.00 bits per heavy atom. The molecule has 0 fully saturated rings.